The summed E-state index contributed by atoms with van der Waals surface area (Å²) in [5.41, 5.74) is 3.38. The minimum Gasteiger partial charge on any atom is -0.340 e. The van der Waals surface area contributed by atoms with Crippen LogP contribution in [0.5, 0.6) is 0 Å². The number of aryl methyl sites for hydroxylation is 2. The zero-order valence-electron chi connectivity index (χ0n) is 16.5. The summed E-state index contributed by atoms with van der Waals surface area (Å²) in [6, 6.07) is 18.3. The summed E-state index contributed by atoms with van der Waals surface area (Å²) < 4.78 is 40.1. The van der Waals surface area contributed by atoms with Crippen LogP contribution < -0.4 is 10.2 Å². The summed E-state index contributed by atoms with van der Waals surface area (Å²) in [6.45, 7) is 2.57. The molecular formula is C24H21F3N2O. The number of rotatable bonds is 3. The predicted octanol–water partition coefficient (Wildman–Crippen LogP) is 6.35. The van der Waals surface area contributed by atoms with E-state index in [2.05, 4.69) is 5.32 Å². The van der Waals surface area contributed by atoms with Crippen molar-refractivity contribution in [3.8, 4) is 0 Å². The Morgan fingerprint density at radius 2 is 1.70 bits per heavy atom. The molecule has 0 fully saturated rings. The van der Waals surface area contributed by atoms with Gasteiger partial charge in [0, 0.05) is 17.8 Å². The number of hydrogen-bond donors (Lipinski definition) is 1. The van der Waals surface area contributed by atoms with Gasteiger partial charge in [-0.05, 0) is 61.7 Å². The van der Waals surface area contributed by atoms with Crippen LogP contribution in [0.15, 0.2) is 66.7 Å². The summed E-state index contributed by atoms with van der Waals surface area (Å²) in [6.07, 6.45) is -2.70. The Morgan fingerprint density at radius 1 is 0.967 bits per heavy atom. The van der Waals surface area contributed by atoms with Crippen molar-refractivity contribution in [2.45, 2.75) is 25.9 Å². The van der Waals surface area contributed by atoms with Gasteiger partial charge in [-0.1, -0.05) is 35.9 Å². The highest BCUT2D eigenvalue weighted by molar-refractivity contribution is 6.06. The highest BCUT2D eigenvalue weighted by Crippen LogP contribution is 2.40. The quantitative estimate of drug-likeness (QED) is 0.546. The maximum atomic E-state index is 13.4. The van der Waals surface area contributed by atoms with E-state index in [9.17, 15) is 18.0 Å². The Kier molecular flexibility index (Phi) is 5.24. The number of halogens is 3. The molecule has 0 spiro atoms. The first-order chi connectivity index (χ1) is 14.3. The molecule has 0 radical (unpaired) electrons. The van der Waals surface area contributed by atoms with Crippen molar-refractivity contribution >= 4 is 23.0 Å². The van der Waals surface area contributed by atoms with Crippen LogP contribution >= 0.6 is 0 Å². The largest absolute Gasteiger partial charge is 0.416 e. The summed E-state index contributed by atoms with van der Waals surface area (Å²) in [5.74, 6) is -0.444. The minimum absolute atomic E-state index is 0.145. The maximum absolute atomic E-state index is 13.4. The lowest BCUT2D eigenvalue weighted by Gasteiger charge is -2.33. The molecule has 3 nitrogen and oxygen atoms in total. The first kappa shape index (κ1) is 20.0. The summed E-state index contributed by atoms with van der Waals surface area (Å²) in [7, 11) is 0. The maximum Gasteiger partial charge on any atom is 0.416 e. The van der Waals surface area contributed by atoms with E-state index < -0.39 is 17.6 Å². The van der Waals surface area contributed by atoms with Crippen molar-refractivity contribution in [2.75, 3.05) is 16.8 Å². The van der Waals surface area contributed by atoms with Gasteiger partial charge < -0.3 is 10.2 Å². The van der Waals surface area contributed by atoms with Crippen LogP contribution in [0.25, 0.3) is 0 Å². The second kappa shape index (κ2) is 7.86. The van der Waals surface area contributed by atoms with Gasteiger partial charge in [-0.2, -0.15) is 13.2 Å². The Bertz CT molecular complexity index is 1070. The summed E-state index contributed by atoms with van der Waals surface area (Å²) >= 11 is 0. The van der Waals surface area contributed by atoms with Crippen LogP contribution in [-0.4, -0.2) is 12.5 Å². The average Bonchev–Trinajstić information content (AvgIpc) is 2.73. The molecule has 4 rings (SSSR count). The van der Waals surface area contributed by atoms with Gasteiger partial charge in [0.1, 0.15) is 0 Å². The number of hydrogen-bond acceptors (Lipinski definition) is 2. The van der Waals surface area contributed by atoms with Crippen molar-refractivity contribution in [1.82, 2.24) is 0 Å². The van der Waals surface area contributed by atoms with Crippen molar-refractivity contribution in [2.24, 2.45) is 0 Å². The smallest absolute Gasteiger partial charge is 0.340 e. The summed E-state index contributed by atoms with van der Waals surface area (Å²) in [5, 5.41) is 2.71. The molecule has 0 aromatic heterocycles. The molecule has 0 aliphatic carbocycles. The monoisotopic (exact) mass is 410 g/mol. The number of nitrogens with zero attached hydrogens (tertiary/aromatic N) is 1. The standard InChI is InChI=1S/C24H21F3N2O/c1-16-8-10-18(11-9-16)23(30)28-20-15-19(24(25,26)27)12-13-22(20)29-14-4-6-17-5-2-3-7-21(17)29/h2-3,5,7-13,15H,4,6,14H2,1H3,(H,28,30). The second-order valence-corrected chi connectivity index (χ2v) is 7.43. The van der Waals surface area contributed by atoms with E-state index >= 15 is 0 Å². The molecule has 0 bridgehead atoms. The Labute approximate surface area is 173 Å². The van der Waals surface area contributed by atoms with E-state index in [4.69, 9.17) is 0 Å². The van der Waals surface area contributed by atoms with Crippen molar-refractivity contribution in [3.63, 3.8) is 0 Å². The van der Waals surface area contributed by atoms with Gasteiger partial charge in [0.25, 0.3) is 5.91 Å². The third-order valence-corrected chi connectivity index (χ3v) is 5.29. The SMILES string of the molecule is Cc1ccc(C(=O)Nc2cc(C(F)(F)F)ccc2N2CCCc3ccccc32)cc1. The first-order valence-electron chi connectivity index (χ1n) is 9.77. The van der Waals surface area contributed by atoms with Crippen molar-refractivity contribution in [3.05, 3.63) is 89.0 Å². The Morgan fingerprint density at radius 3 is 2.43 bits per heavy atom. The van der Waals surface area contributed by atoms with E-state index in [0.29, 0.717) is 17.8 Å². The van der Waals surface area contributed by atoms with Crippen molar-refractivity contribution < 1.29 is 18.0 Å². The molecule has 30 heavy (non-hydrogen) atoms. The molecule has 1 aliphatic rings. The molecule has 1 N–H and O–H groups in total. The third kappa shape index (κ3) is 4.03. The highest BCUT2D eigenvalue weighted by atomic mass is 19.4. The van der Waals surface area contributed by atoms with Crippen LogP contribution in [0.3, 0.4) is 0 Å². The van der Waals surface area contributed by atoms with Crippen LogP contribution in [0, 0.1) is 6.92 Å². The van der Waals surface area contributed by atoms with Crippen LogP contribution in [-0.2, 0) is 12.6 Å². The lowest BCUT2D eigenvalue weighted by Crippen LogP contribution is -2.26. The van der Waals surface area contributed by atoms with E-state index in [0.717, 1.165) is 41.8 Å². The normalized spacial score (nSPS) is 13.7. The average molecular weight is 410 g/mol. The number of para-hydroxylation sites is 1. The van der Waals surface area contributed by atoms with Crippen LogP contribution in [0.4, 0.5) is 30.2 Å². The van der Waals surface area contributed by atoms with Gasteiger partial charge in [0.2, 0.25) is 0 Å². The Balaban J connectivity index is 1.76. The number of fused-ring (bicyclic) bond motifs is 1. The molecule has 0 unspecified atom stereocenters. The van der Waals surface area contributed by atoms with Gasteiger partial charge >= 0.3 is 6.18 Å². The fraction of sp³-hybridized carbons (Fsp3) is 0.208. The van der Waals surface area contributed by atoms with Crippen LogP contribution in [0.2, 0.25) is 0 Å². The van der Waals surface area contributed by atoms with E-state index in [1.807, 2.05) is 36.1 Å². The van der Waals surface area contributed by atoms with E-state index in [1.54, 1.807) is 24.3 Å². The number of anilines is 3. The van der Waals surface area contributed by atoms with E-state index in [-0.39, 0.29) is 5.69 Å². The van der Waals surface area contributed by atoms with Crippen LogP contribution in [0.1, 0.15) is 33.5 Å². The molecule has 1 heterocycles. The van der Waals surface area contributed by atoms with Gasteiger partial charge in [0.15, 0.2) is 0 Å². The fourth-order valence-electron chi connectivity index (χ4n) is 3.73. The number of benzene rings is 3. The number of nitrogens with one attached hydrogen (secondary N) is 1. The molecule has 0 saturated heterocycles. The molecule has 1 amide bonds. The number of carbonyl (C=O) groups is 1. The molecular weight excluding hydrogens is 389 g/mol. The number of amides is 1. The van der Waals surface area contributed by atoms with Crippen molar-refractivity contribution in [1.29, 1.82) is 0 Å². The van der Waals surface area contributed by atoms with Gasteiger partial charge in [-0.3, -0.25) is 4.79 Å². The van der Waals surface area contributed by atoms with Gasteiger partial charge in [0.05, 0.1) is 16.9 Å². The molecule has 1 aliphatic heterocycles. The summed E-state index contributed by atoms with van der Waals surface area (Å²) in [4.78, 5) is 14.7. The number of alkyl halides is 3. The molecule has 3 aromatic rings. The van der Waals surface area contributed by atoms with Gasteiger partial charge in [-0.25, -0.2) is 0 Å². The Hall–Kier alpha value is -3.28. The lowest BCUT2D eigenvalue weighted by atomic mass is 10.00. The molecule has 0 atom stereocenters. The highest BCUT2D eigenvalue weighted by Gasteiger charge is 2.32. The minimum atomic E-state index is -4.50. The molecule has 0 saturated carbocycles. The fourth-order valence-corrected chi connectivity index (χ4v) is 3.73. The second-order valence-electron chi connectivity index (χ2n) is 7.43. The third-order valence-electron chi connectivity index (χ3n) is 5.29. The predicted molar refractivity (Wildman–Crippen MR) is 112 cm³/mol. The van der Waals surface area contributed by atoms with E-state index in [1.165, 1.54) is 6.07 Å². The first-order valence-corrected chi connectivity index (χ1v) is 9.77. The molecule has 6 heteroatoms. The molecule has 3 aromatic carbocycles. The number of carbonyl (C=O) groups excluding carboxylic acids is 1. The topological polar surface area (TPSA) is 32.3 Å². The molecule has 154 valence electrons. The zero-order chi connectivity index (χ0) is 21.3. The zero-order valence-corrected chi connectivity index (χ0v) is 16.5. The van der Waals surface area contributed by atoms with Gasteiger partial charge in [-0.15, -0.1) is 0 Å². The lowest BCUT2D eigenvalue weighted by molar-refractivity contribution is -0.137.